The number of halogens is 1. The monoisotopic (exact) mass is 452 g/mol. The van der Waals surface area contributed by atoms with E-state index in [1.54, 1.807) is 24.3 Å². The van der Waals surface area contributed by atoms with Gasteiger partial charge in [0.2, 0.25) is 21.7 Å². The predicted octanol–water partition coefficient (Wildman–Crippen LogP) is 3.54. The molecule has 2 heterocycles. The molecule has 0 saturated carbocycles. The molecule has 5 rings (SSSR count). The second-order valence-electron chi connectivity index (χ2n) is 7.71. The lowest BCUT2D eigenvalue weighted by Crippen LogP contribution is -2.48. The SMILES string of the molecule is O=S(=O)(c1ccc2ccccc2c1)N1CCN(Cc2nc(-c3ccc(F)cc3)no2)CC1. The van der Waals surface area contributed by atoms with E-state index < -0.39 is 10.0 Å². The third-order valence-corrected chi connectivity index (χ3v) is 7.51. The molecule has 164 valence electrons. The molecule has 1 saturated heterocycles. The molecule has 4 aromatic rings. The molecule has 1 fully saturated rings. The molecule has 7 nitrogen and oxygen atoms in total. The minimum atomic E-state index is -3.56. The number of sulfonamides is 1. The van der Waals surface area contributed by atoms with E-state index in [2.05, 4.69) is 15.0 Å². The van der Waals surface area contributed by atoms with Crippen LogP contribution in [0, 0.1) is 5.82 Å². The minimum Gasteiger partial charge on any atom is -0.338 e. The Hall–Kier alpha value is -3.14. The third kappa shape index (κ3) is 4.14. The summed E-state index contributed by atoms with van der Waals surface area (Å²) in [6.07, 6.45) is 0. The highest BCUT2D eigenvalue weighted by Crippen LogP contribution is 2.23. The molecular formula is C23H21FN4O3S. The smallest absolute Gasteiger partial charge is 0.243 e. The molecule has 0 N–H and O–H groups in total. The Balaban J connectivity index is 1.23. The van der Waals surface area contributed by atoms with Crippen LogP contribution in [0.3, 0.4) is 0 Å². The van der Waals surface area contributed by atoms with Gasteiger partial charge in [-0.25, -0.2) is 12.8 Å². The lowest BCUT2D eigenvalue weighted by molar-refractivity contribution is 0.163. The summed E-state index contributed by atoms with van der Waals surface area (Å²) in [5.74, 6) is 0.515. The van der Waals surface area contributed by atoms with Crippen LogP contribution in [0.25, 0.3) is 22.2 Å². The van der Waals surface area contributed by atoms with Gasteiger partial charge in [0.15, 0.2) is 0 Å². The number of fused-ring (bicyclic) bond motifs is 1. The number of hydrogen-bond donors (Lipinski definition) is 0. The number of hydrogen-bond acceptors (Lipinski definition) is 6. The molecule has 1 aliphatic rings. The summed E-state index contributed by atoms with van der Waals surface area (Å²) in [6.45, 7) is 2.31. The molecule has 1 aromatic heterocycles. The van der Waals surface area contributed by atoms with Gasteiger partial charge in [-0.1, -0.05) is 35.5 Å². The zero-order valence-electron chi connectivity index (χ0n) is 17.2. The van der Waals surface area contributed by atoms with Gasteiger partial charge in [0.25, 0.3) is 0 Å². The van der Waals surface area contributed by atoms with Crippen LogP contribution < -0.4 is 0 Å². The van der Waals surface area contributed by atoms with Crippen molar-refractivity contribution in [3.63, 3.8) is 0 Å². The van der Waals surface area contributed by atoms with Crippen LogP contribution in [0.1, 0.15) is 5.89 Å². The number of rotatable bonds is 5. The van der Waals surface area contributed by atoms with Gasteiger partial charge in [-0.2, -0.15) is 9.29 Å². The number of benzene rings is 3. The van der Waals surface area contributed by atoms with Crippen molar-refractivity contribution in [2.45, 2.75) is 11.4 Å². The molecule has 0 radical (unpaired) electrons. The highest BCUT2D eigenvalue weighted by atomic mass is 32.2. The average molecular weight is 453 g/mol. The van der Waals surface area contributed by atoms with Gasteiger partial charge in [0, 0.05) is 31.7 Å². The van der Waals surface area contributed by atoms with Gasteiger partial charge in [0.05, 0.1) is 11.4 Å². The number of aromatic nitrogens is 2. The van der Waals surface area contributed by atoms with Crippen molar-refractivity contribution < 1.29 is 17.3 Å². The van der Waals surface area contributed by atoms with Gasteiger partial charge in [0.1, 0.15) is 5.82 Å². The Bertz CT molecular complexity index is 1350. The molecule has 0 spiro atoms. The Morgan fingerprint density at radius 1 is 0.906 bits per heavy atom. The van der Waals surface area contributed by atoms with Crippen molar-refractivity contribution in [2.24, 2.45) is 0 Å². The molecule has 32 heavy (non-hydrogen) atoms. The van der Waals surface area contributed by atoms with Crippen molar-refractivity contribution >= 4 is 20.8 Å². The van der Waals surface area contributed by atoms with Gasteiger partial charge in [-0.3, -0.25) is 4.90 Å². The predicted molar refractivity (Wildman–Crippen MR) is 118 cm³/mol. The van der Waals surface area contributed by atoms with E-state index >= 15 is 0 Å². The summed E-state index contributed by atoms with van der Waals surface area (Å²) in [5, 5.41) is 5.87. The highest BCUT2D eigenvalue weighted by molar-refractivity contribution is 7.89. The quantitative estimate of drug-likeness (QED) is 0.461. The maximum Gasteiger partial charge on any atom is 0.243 e. The molecule has 0 atom stereocenters. The first-order valence-electron chi connectivity index (χ1n) is 10.3. The van der Waals surface area contributed by atoms with E-state index in [-0.39, 0.29) is 5.82 Å². The van der Waals surface area contributed by atoms with Gasteiger partial charge in [-0.05, 0) is 47.2 Å². The third-order valence-electron chi connectivity index (χ3n) is 5.62. The Morgan fingerprint density at radius 2 is 1.62 bits per heavy atom. The van der Waals surface area contributed by atoms with Crippen LogP contribution in [0.2, 0.25) is 0 Å². The molecule has 9 heteroatoms. The fourth-order valence-electron chi connectivity index (χ4n) is 3.83. The molecule has 0 amide bonds. The molecule has 0 aliphatic carbocycles. The van der Waals surface area contributed by atoms with Crippen LogP contribution in [0.15, 0.2) is 76.1 Å². The van der Waals surface area contributed by atoms with Crippen LogP contribution in [0.5, 0.6) is 0 Å². The first-order chi connectivity index (χ1) is 15.5. The summed E-state index contributed by atoms with van der Waals surface area (Å²) >= 11 is 0. The van der Waals surface area contributed by atoms with Crippen LogP contribution in [-0.2, 0) is 16.6 Å². The summed E-state index contributed by atoms with van der Waals surface area (Å²) < 4.78 is 46.2. The second-order valence-corrected chi connectivity index (χ2v) is 9.65. The topological polar surface area (TPSA) is 79.5 Å². The van der Waals surface area contributed by atoms with Crippen LogP contribution >= 0.6 is 0 Å². The number of nitrogens with zero attached hydrogens (tertiary/aromatic N) is 4. The molecular weight excluding hydrogens is 431 g/mol. The maximum atomic E-state index is 13.1. The van der Waals surface area contributed by atoms with Crippen molar-refractivity contribution in [1.29, 1.82) is 0 Å². The molecule has 0 unspecified atom stereocenters. The molecule has 0 bridgehead atoms. The minimum absolute atomic E-state index is 0.311. The largest absolute Gasteiger partial charge is 0.338 e. The van der Waals surface area contributed by atoms with E-state index in [1.165, 1.54) is 16.4 Å². The van der Waals surface area contributed by atoms with E-state index in [9.17, 15) is 12.8 Å². The fourth-order valence-corrected chi connectivity index (χ4v) is 5.29. The summed E-state index contributed by atoms with van der Waals surface area (Å²) in [4.78, 5) is 6.76. The lowest BCUT2D eigenvalue weighted by atomic mass is 10.1. The van der Waals surface area contributed by atoms with E-state index in [4.69, 9.17) is 4.52 Å². The zero-order chi connectivity index (χ0) is 22.1. The molecule has 1 aliphatic heterocycles. The summed E-state index contributed by atoms with van der Waals surface area (Å²) in [7, 11) is -3.56. The Kier molecular flexibility index (Phi) is 5.46. The lowest BCUT2D eigenvalue weighted by Gasteiger charge is -2.33. The van der Waals surface area contributed by atoms with E-state index in [0.717, 1.165) is 10.8 Å². The van der Waals surface area contributed by atoms with Crippen molar-refractivity contribution in [3.8, 4) is 11.4 Å². The van der Waals surface area contributed by atoms with Crippen molar-refractivity contribution in [3.05, 3.63) is 78.4 Å². The first kappa shape index (κ1) is 20.7. The average Bonchev–Trinajstić information content (AvgIpc) is 3.28. The Morgan fingerprint density at radius 3 is 2.38 bits per heavy atom. The normalized spacial score (nSPS) is 15.9. The fraction of sp³-hybridized carbons (Fsp3) is 0.217. The standard InChI is InChI=1S/C23H21FN4O3S/c24-20-8-5-18(6-9-20)23-25-22(31-26-23)16-27-11-13-28(14-12-27)32(29,30)21-10-7-17-3-1-2-4-19(17)15-21/h1-10,15H,11-14,16H2. The maximum absolute atomic E-state index is 13.1. The van der Waals surface area contributed by atoms with Gasteiger partial charge in [-0.15, -0.1) is 0 Å². The van der Waals surface area contributed by atoms with Gasteiger partial charge >= 0.3 is 0 Å². The second kappa shape index (κ2) is 8.42. The van der Waals surface area contributed by atoms with Crippen LogP contribution in [-0.4, -0.2) is 53.9 Å². The summed E-state index contributed by atoms with van der Waals surface area (Å²) in [5.41, 5.74) is 0.674. The molecule has 3 aromatic carbocycles. The highest BCUT2D eigenvalue weighted by Gasteiger charge is 2.29. The van der Waals surface area contributed by atoms with Crippen molar-refractivity contribution in [2.75, 3.05) is 26.2 Å². The first-order valence-corrected chi connectivity index (χ1v) is 11.7. The zero-order valence-corrected chi connectivity index (χ0v) is 18.0. The summed E-state index contributed by atoms with van der Waals surface area (Å²) in [6, 6.07) is 18.8. The Labute approximate surface area is 185 Å². The van der Waals surface area contributed by atoms with E-state index in [1.807, 2.05) is 30.3 Å². The number of piperazine rings is 1. The van der Waals surface area contributed by atoms with Gasteiger partial charge < -0.3 is 4.52 Å². The van der Waals surface area contributed by atoms with Crippen LogP contribution in [0.4, 0.5) is 4.39 Å². The van der Waals surface area contributed by atoms with E-state index in [0.29, 0.717) is 54.9 Å². The van der Waals surface area contributed by atoms with Crippen molar-refractivity contribution in [1.82, 2.24) is 19.3 Å².